The average molecular weight is 254 g/mol. The highest BCUT2D eigenvalue weighted by Gasteiger charge is 2.19. The van der Waals surface area contributed by atoms with Gasteiger partial charge in [0.05, 0.1) is 11.8 Å². The molecule has 98 valence electrons. The highest BCUT2D eigenvalue weighted by molar-refractivity contribution is 5.32. The molecule has 0 saturated carbocycles. The van der Waals surface area contributed by atoms with E-state index in [4.69, 9.17) is 0 Å². The first-order chi connectivity index (χ1) is 9.13. The average Bonchev–Trinajstić information content (AvgIpc) is 2.67. The smallest absolute Gasteiger partial charge is 0.125 e. The van der Waals surface area contributed by atoms with Crippen LogP contribution >= 0.6 is 0 Å². The molecule has 1 N–H and O–H groups in total. The summed E-state index contributed by atoms with van der Waals surface area (Å²) in [4.78, 5) is 0. The molecule has 1 heterocycles. The number of nitrogens with zero attached hydrogens (tertiary/aromatic N) is 3. The van der Waals surface area contributed by atoms with Crippen LogP contribution in [-0.2, 0) is 13.6 Å². The number of hydrogen-bond donors (Lipinski definition) is 1. The Hall–Kier alpha value is -2.12. The lowest BCUT2D eigenvalue weighted by Crippen LogP contribution is -2.20. The molecule has 2 rings (SSSR count). The van der Waals surface area contributed by atoms with Gasteiger partial charge < -0.3 is 0 Å². The van der Waals surface area contributed by atoms with Gasteiger partial charge in [-0.05, 0) is 19.4 Å². The summed E-state index contributed by atoms with van der Waals surface area (Å²) < 4.78 is 1.82. The zero-order valence-electron chi connectivity index (χ0n) is 11.5. The molecule has 0 saturated heterocycles. The summed E-state index contributed by atoms with van der Waals surface area (Å²) in [5.74, 6) is 0. The first-order valence-electron chi connectivity index (χ1n) is 6.30. The van der Waals surface area contributed by atoms with Crippen molar-refractivity contribution in [2.45, 2.75) is 26.4 Å². The molecule has 1 aromatic heterocycles. The first-order valence-corrected chi connectivity index (χ1v) is 6.30. The molecule has 1 aromatic carbocycles. The summed E-state index contributed by atoms with van der Waals surface area (Å²) in [6, 6.07) is 12.1. The van der Waals surface area contributed by atoms with Gasteiger partial charge in [-0.2, -0.15) is 10.4 Å². The Morgan fingerprint density at radius 2 is 2.00 bits per heavy atom. The summed E-state index contributed by atoms with van der Waals surface area (Å²) in [6.07, 6.45) is 0. The lowest BCUT2D eigenvalue weighted by atomic mass is 10.1. The molecule has 4 heteroatoms. The van der Waals surface area contributed by atoms with E-state index >= 15 is 0 Å². The molecule has 4 nitrogen and oxygen atoms in total. The maximum atomic E-state index is 9.37. The second kappa shape index (κ2) is 5.68. The van der Waals surface area contributed by atoms with Crippen LogP contribution in [0.25, 0.3) is 0 Å². The van der Waals surface area contributed by atoms with Gasteiger partial charge in [0.1, 0.15) is 6.04 Å². The van der Waals surface area contributed by atoms with Gasteiger partial charge in [-0.1, -0.05) is 30.3 Å². The molecule has 0 radical (unpaired) electrons. The van der Waals surface area contributed by atoms with Gasteiger partial charge in [-0.15, -0.1) is 0 Å². The van der Waals surface area contributed by atoms with Gasteiger partial charge in [-0.3, -0.25) is 10.00 Å². The molecule has 0 fully saturated rings. The minimum Gasteiger partial charge on any atom is -0.294 e. The van der Waals surface area contributed by atoms with Crippen LogP contribution < -0.4 is 5.32 Å². The molecule has 0 amide bonds. The van der Waals surface area contributed by atoms with Crippen molar-refractivity contribution in [3.8, 4) is 6.07 Å². The molecule has 19 heavy (non-hydrogen) atoms. The maximum absolute atomic E-state index is 9.37. The Morgan fingerprint density at radius 1 is 1.32 bits per heavy atom. The van der Waals surface area contributed by atoms with Crippen molar-refractivity contribution in [1.29, 1.82) is 5.26 Å². The molecular formula is C15H18N4. The Balaban J connectivity index is 2.15. The Morgan fingerprint density at radius 3 is 2.53 bits per heavy atom. The topological polar surface area (TPSA) is 53.6 Å². The largest absolute Gasteiger partial charge is 0.294 e. The van der Waals surface area contributed by atoms with Crippen molar-refractivity contribution in [3.63, 3.8) is 0 Å². The molecule has 0 bridgehead atoms. The van der Waals surface area contributed by atoms with Crippen molar-refractivity contribution in [2.75, 3.05) is 0 Å². The number of nitriles is 1. The van der Waals surface area contributed by atoms with E-state index < -0.39 is 0 Å². The molecule has 0 spiro atoms. The van der Waals surface area contributed by atoms with Crippen LogP contribution in [0.5, 0.6) is 0 Å². The van der Waals surface area contributed by atoms with Crippen LogP contribution in [0.4, 0.5) is 0 Å². The van der Waals surface area contributed by atoms with E-state index in [9.17, 15) is 5.26 Å². The fraction of sp³-hybridized carbons (Fsp3) is 0.333. The summed E-state index contributed by atoms with van der Waals surface area (Å²) in [6.45, 7) is 4.60. The van der Waals surface area contributed by atoms with Gasteiger partial charge in [0.25, 0.3) is 0 Å². The highest BCUT2D eigenvalue weighted by Crippen LogP contribution is 2.20. The van der Waals surface area contributed by atoms with E-state index in [2.05, 4.69) is 16.5 Å². The zero-order valence-corrected chi connectivity index (χ0v) is 11.5. The summed E-state index contributed by atoms with van der Waals surface area (Å²) in [5.41, 5.74) is 4.10. The molecule has 1 atom stereocenters. The fourth-order valence-corrected chi connectivity index (χ4v) is 2.24. The molecule has 0 aliphatic carbocycles. The second-order valence-electron chi connectivity index (χ2n) is 4.64. The van der Waals surface area contributed by atoms with Gasteiger partial charge in [0.15, 0.2) is 0 Å². The number of rotatable bonds is 4. The van der Waals surface area contributed by atoms with Crippen LogP contribution in [0.3, 0.4) is 0 Å². The Bertz CT molecular complexity index is 593. The lowest BCUT2D eigenvalue weighted by Gasteiger charge is -2.12. The summed E-state index contributed by atoms with van der Waals surface area (Å²) in [5, 5.41) is 17.0. The molecule has 0 aliphatic heterocycles. The Labute approximate surface area is 113 Å². The van der Waals surface area contributed by atoms with E-state index in [1.165, 1.54) is 5.56 Å². The van der Waals surface area contributed by atoms with Crippen LogP contribution in [0.2, 0.25) is 0 Å². The van der Waals surface area contributed by atoms with Crippen molar-refractivity contribution < 1.29 is 0 Å². The monoisotopic (exact) mass is 254 g/mol. The van der Waals surface area contributed by atoms with Gasteiger partial charge in [0, 0.05) is 24.8 Å². The van der Waals surface area contributed by atoms with E-state index in [0.717, 1.165) is 17.0 Å². The maximum Gasteiger partial charge on any atom is 0.125 e. The fourth-order valence-electron chi connectivity index (χ4n) is 2.24. The predicted octanol–water partition coefficient (Wildman–Crippen LogP) is 2.39. The Kier molecular flexibility index (Phi) is 3.98. The predicted molar refractivity (Wildman–Crippen MR) is 74.3 cm³/mol. The summed E-state index contributed by atoms with van der Waals surface area (Å²) >= 11 is 0. The molecular weight excluding hydrogens is 236 g/mol. The van der Waals surface area contributed by atoms with Crippen LogP contribution in [-0.4, -0.2) is 9.78 Å². The van der Waals surface area contributed by atoms with Gasteiger partial charge in [-0.25, -0.2) is 0 Å². The van der Waals surface area contributed by atoms with Crippen molar-refractivity contribution in [2.24, 2.45) is 7.05 Å². The van der Waals surface area contributed by atoms with Crippen molar-refractivity contribution in [1.82, 2.24) is 15.1 Å². The van der Waals surface area contributed by atoms with E-state index in [-0.39, 0.29) is 6.04 Å². The minimum atomic E-state index is -0.325. The molecule has 1 unspecified atom stereocenters. The molecule has 0 aliphatic rings. The third-order valence-electron chi connectivity index (χ3n) is 3.34. The van der Waals surface area contributed by atoms with Crippen molar-refractivity contribution in [3.05, 3.63) is 52.8 Å². The third kappa shape index (κ3) is 2.83. The van der Waals surface area contributed by atoms with Gasteiger partial charge >= 0.3 is 0 Å². The highest BCUT2D eigenvalue weighted by atomic mass is 15.3. The van der Waals surface area contributed by atoms with E-state index in [0.29, 0.717) is 6.54 Å². The minimum absolute atomic E-state index is 0.325. The number of benzene rings is 1. The SMILES string of the molecule is Cc1nn(C)c(C)c1C(C#N)NCc1ccccc1. The quantitative estimate of drug-likeness (QED) is 0.911. The zero-order chi connectivity index (χ0) is 13.8. The lowest BCUT2D eigenvalue weighted by molar-refractivity contribution is 0.623. The third-order valence-corrected chi connectivity index (χ3v) is 3.34. The van der Waals surface area contributed by atoms with Gasteiger partial charge in [0.2, 0.25) is 0 Å². The van der Waals surface area contributed by atoms with Crippen LogP contribution in [0, 0.1) is 25.2 Å². The van der Waals surface area contributed by atoms with Crippen molar-refractivity contribution >= 4 is 0 Å². The van der Waals surface area contributed by atoms with Crippen LogP contribution in [0.15, 0.2) is 30.3 Å². The van der Waals surface area contributed by atoms with Crippen LogP contribution in [0.1, 0.15) is 28.6 Å². The molecule has 2 aromatic rings. The number of aryl methyl sites for hydroxylation is 2. The number of aromatic nitrogens is 2. The number of hydrogen-bond acceptors (Lipinski definition) is 3. The summed E-state index contributed by atoms with van der Waals surface area (Å²) in [7, 11) is 1.90. The normalized spacial score (nSPS) is 12.1. The standard InChI is InChI=1S/C15H18N4/c1-11-15(12(2)19(3)18-11)14(9-16)17-10-13-7-5-4-6-8-13/h4-8,14,17H,10H2,1-3H3. The first kappa shape index (κ1) is 13.3. The second-order valence-corrected chi connectivity index (χ2v) is 4.64. The number of nitrogens with one attached hydrogen (secondary N) is 1. The van der Waals surface area contributed by atoms with E-state index in [1.807, 2.05) is 55.9 Å². The van der Waals surface area contributed by atoms with E-state index in [1.54, 1.807) is 0 Å².